The van der Waals surface area contributed by atoms with E-state index in [4.69, 9.17) is 16.0 Å². The Morgan fingerprint density at radius 1 is 1.15 bits per heavy atom. The minimum Gasteiger partial charge on any atom is -0.458 e. The van der Waals surface area contributed by atoms with Gasteiger partial charge in [-0.15, -0.1) is 0 Å². The Morgan fingerprint density at radius 3 is 2.75 bits per heavy atom. The monoisotopic (exact) mass is 286 g/mol. The third-order valence-electron chi connectivity index (χ3n) is 3.39. The normalized spacial score (nSPS) is 12.8. The maximum absolute atomic E-state index is 10.3. The summed E-state index contributed by atoms with van der Waals surface area (Å²) in [5, 5.41) is 12.0. The molecule has 0 saturated heterocycles. The van der Waals surface area contributed by atoms with E-state index in [1.54, 1.807) is 0 Å². The average Bonchev–Trinajstić information content (AvgIpc) is 2.84. The number of benzene rings is 2. The minimum absolute atomic E-state index is 0.443. The highest BCUT2D eigenvalue weighted by Gasteiger charge is 2.15. The molecule has 1 heterocycles. The number of rotatable bonds is 3. The number of hydrogen-bond acceptors (Lipinski definition) is 2. The molecule has 2 aromatic carbocycles. The average molecular weight is 287 g/mol. The maximum atomic E-state index is 10.3. The molecule has 0 spiro atoms. The number of aliphatic hydroxyl groups excluding tert-OH is 1. The first-order valence-electron chi connectivity index (χ1n) is 6.55. The summed E-state index contributed by atoms with van der Waals surface area (Å²) in [6.45, 7) is 2.03. The number of aliphatic hydroxyl groups is 1. The molecule has 20 heavy (non-hydrogen) atoms. The summed E-state index contributed by atoms with van der Waals surface area (Å²) >= 11 is 6.11. The standard InChI is InChI=1S/C17H15ClO2/c1-11-6-7-16-13(8-11)10-17(20-16)15(19)9-12-4-2-3-5-14(12)18/h2-8,10,15,19H,9H2,1H3. The molecule has 0 aliphatic carbocycles. The highest BCUT2D eigenvalue weighted by atomic mass is 35.5. The van der Waals surface area contributed by atoms with Crippen LogP contribution in [0.5, 0.6) is 0 Å². The SMILES string of the molecule is Cc1ccc2oc(C(O)Cc3ccccc3Cl)cc2c1. The van der Waals surface area contributed by atoms with E-state index in [1.165, 1.54) is 5.56 Å². The molecule has 1 N–H and O–H groups in total. The second-order valence-electron chi connectivity index (χ2n) is 5.00. The maximum Gasteiger partial charge on any atom is 0.134 e. The largest absolute Gasteiger partial charge is 0.458 e. The van der Waals surface area contributed by atoms with E-state index in [1.807, 2.05) is 55.5 Å². The zero-order valence-corrected chi connectivity index (χ0v) is 11.9. The predicted molar refractivity (Wildman–Crippen MR) is 81.1 cm³/mol. The van der Waals surface area contributed by atoms with Crippen LogP contribution in [0, 0.1) is 6.92 Å². The van der Waals surface area contributed by atoms with Gasteiger partial charge in [0.05, 0.1) is 0 Å². The van der Waals surface area contributed by atoms with E-state index >= 15 is 0 Å². The Labute approximate surface area is 122 Å². The molecule has 1 aromatic heterocycles. The molecule has 0 fully saturated rings. The van der Waals surface area contributed by atoms with Crippen LogP contribution in [0.3, 0.4) is 0 Å². The molecule has 0 saturated carbocycles. The Morgan fingerprint density at radius 2 is 1.95 bits per heavy atom. The van der Waals surface area contributed by atoms with E-state index in [2.05, 4.69) is 0 Å². The van der Waals surface area contributed by atoms with Crippen molar-refractivity contribution in [2.45, 2.75) is 19.4 Å². The molecule has 0 aliphatic rings. The summed E-state index contributed by atoms with van der Waals surface area (Å²) in [6.07, 6.45) is -0.249. The molecule has 102 valence electrons. The van der Waals surface area contributed by atoms with Gasteiger partial charge in [-0.3, -0.25) is 0 Å². The van der Waals surface area contributed by atoms with E-state index in [9.17, 15) is 5.11 Å². The molecular weight excluding hydrogens is 272 g/mol. The fourth-order valence-corrected chi connectivity index (χ4v) is 2.53. The Bertz CT molecular complexity index is 746. The van der Waals surface area contributed by atoms with Crippen molar-refractivity contribution in [1.82, 2.24) is 0 Å². The molecule has 0 radical (unpaired) electrons. The smallest absolute Gasteiger partial charge is 0.134 e. The quantitative estimate of drug-likeness (QED) is 0.759. The lowest BCUT2D eigenvalue weighted by molar-refractivity contribution is 0.152. The zero-order valence-electron chi connectivity index (χ0n) is 11.1. The number of halogens is 1. The van der Waals surface area contributed by atoms with Crippen molar-refractivity contribution in [1.29, 1.82) is 0 Å². The molecule has 0 amide bonds. The topological polar surface area (TPSA) is 33.4 Å². The zero-order chi connectivity index (χ0) is 14.1. The first kappa shape index (κ1) is 13.2. The highest BCUT2D eigenvalue weighted by molar-refractivity contribution is 6.31. The van der Waals surface area contributed by atoms with Crippen molar-refractivity contribution in [2.75, 3.05) is 0 Å². The first-order valence-corrected chi connectivity index (χ1v) is 6.93. The van der Waals surface area contributed by atoms with Gasteiger partial charge in [0, 0.05) is 16.8 Å². The Balaban J connectivity index is 1.89. The van der Waals surface area contributed by atoms with E-state index in [0.717, 1.165) is 16.5 Å². The number of fused-ring (bicyclic) bond motifs is 1. The molecule has 3 rings (SSSR count). The summed E-state index contributed by atoms with van der Waals surface area (Å²) in [4.78, 5) is 0. The Hall–Kier alpha value is -1.77. The second-order valence-corrected chi connectivity index (χ2v) is 5.41. The van der Waals surface area contributed by atoms with Gasteiger partial charge in [-0.1, -0.05) is 41.4 Å². The molecule has 3 aromatic rings. The lowest BCUT2D eigenvalue weighted by Crippen LogP contribution is -2.00. The molecule has 0 aliphatic heterocycles. The summed E-state index contributed by atoms with van der Waals surface area (Å²) in [5.41, 5.74) is 2.88. The summed E-state index contributed by atoms with van der Waals surface area (Å²) in [5.74, 6) is 0.575. The second kappa shape index (κ2) is 5.31. The van der Waals surface area contributed by atoms with Crippen LogP contribution in [0.1, 0.15) is 23.0 Å². The van der Waals surface area contributed by atoms with Gasteiger partial charge in [-0.2, -0.15) is 0 Å². The third-order valence-corrected chi connectivity index (χ3v) is 3.76. The summed E-state index contributed by atoms with van der Waals surface area (Å²) in [7, 11) is 0. The van der Waals surface area contributed by atoms with Crippen molar-refractivity contribution in [3.63, 3.8) is 0 Å². The van der Waals surface area contributed by atoms with Crippen LogP contribution < -0.4 is 0 Å². The van der Waals surface area contributed by atoms with Crippen LogP contribution in [0.2, 0.25) is 5.02 Å². The van der Waals surface area contributed by atoms with Crippen molar-refractivity contribution in [3.8, 4) is 0 Å². The minimum atomic E-state index is -0.692. The van der Waals surface area contributed by atoms with E-state index < -0.39 is 6.10 Å². The predicted octanol–water partition coefficient (Wildman–Crippen LogP) is 4.67. The van der Waals surface area contributed by atoms with Crippen LogP contribution in [0.25, 0.3) is 11.0 Å². The number of hydrogen-bond donors (Lipinski definition) is 1. The van der Waals surface area contributed by atoms with Crippen LogP contribution in [-0.2, 0) is 6.42 Å². The van der Waals surface area contributed by atoms with E-state index in [-0.39, 0.29) is 0 Å². The van der Waals surface area contributed by atoms with Gasteiger partial charge < -0.3 is 9.52 Å². The van der Waals surface area contributed by atoms with Gasteiger partial charge in [0.25, 0.3) is 0 Å². The molecule has 1 atom stereocenters. The Kier molecular flexibility index (Phi) is 3.51. The van der Waals surface area contributed by atoms with Gasteiger partial charge in [0.1, 0.15) is 17.4 Å². The fraction of sp³-hybridized carbons (Fsp3) is 0.176. The van der Waals surface area contributed by atoms with E-state index in [0.29, 0.717) is 17.2 Å². The van der Waals surface area contributed by atoms with Gasteiger partial charge in [0.2, 0.25) is 0 Å². The molecule has 1 unspecified atom stereocenters. The van der Waals surface area contributed by atoms with Crippen LogP contribution in [0.15, 0.2) is 52.9 Å². The molecular formula is C17H15ClO2. The van der Waals surface area contributed by atoms with Crippen molar-refractivity contribution < 1.29 is 9.52 Å². The molecule has 0 bridgehead atoms. The van der Waals surface area contributed by atoms with Crippen LogP contribution in [0.4, 0.5) is 0 Å². The lowest BCUT2D eigenvalue weighted by atomic mass is 10.1. The number of furan rings is 1. The molecule has 3 heteroatoms. The molecule has 2 nitrogen and oxygen atoms in total. The van der Waals surface area contributed by atoms with Gasteiger partial charge in [-0.25, -0.2) is 0 Å². The van der Waals surface area contributed by atoms with Crippen LogP contribution in [-0.4, -0.2) is 5.11 Å². The fourth-order valence-electron chi connectivity index (χ4n) is 2.32. The van der Waals surface area contributed by atoms with Gasteiger partial charge in [0.15, 0.2) is 0 Å². The van der Waals surface area contributed by atoms with Crippen LogP contribution >= 0.6 is 11.6 Å². The van der Waals surface area contributed by atoms with Crippen molar-refractivity contribution in [2.24, 2.45) is 0 Å². The van der Waals surface area contributed by atoms with Gasteiger partial charge >= 0.3 is 0 Å². The summed E-state index contributed by atoms with van der Waals surface area (Å²) in [6, 6.07) is 15.4. The lowest BCUT2D eigenvalue weighted by Gasteiger charge is -2.08. The third kappa shape index (κ3) is 2.58. The number of aryl methyl sites for hydroxylation is 1. The van der Waals surface area contributed by atoms with Crippen molar-refractivity contribution in [3.05, 3.63) is 70.4 Å². The van der Waals surface area contributed by atoms with Crippen molar-refractivity contribution >= 4 is 22.6 Å². The van der Waals surface area contributed by atoms with Gasteiger partial charge in [-0.05, 0) is 36.8 Å². The first-order chi connectivity index (χ1) is 9.63. The highest BCUT2D eigenvalue weighted by Crippen LogP contribution is 2.28. The summed E-state index contributed by atoms with van der Waals surface area (Å²) < 4.78 is 5.70.